The number of hydrogen-bond acceptors (Lipinski definition) is 3. The summed E-state index contributed by atoms with van der Waals surface area (Å²) in [5.74, 6) is 0.475. The third-order valence-corrected chi connectivity index (χ3v) is 4.90. The summed E-state index contributed by atoms with van der Waals surface area (Å²) in [5.41, 5.74) is 2.16. The lowest BCUT2D eigenvalue weighted by Gasteiger charge is -2.33. The number of aromatic amines is 1. The second-order valence-electron chi connectivity index (χ2n) is 6.73. The van der Waals surface area contributed by atoms with E-state index in [1.165, 1.54) is 0 Å². The molecule has 29 heavy (non-hydrogen) atoms. The van der Waals surface area contributed by atoms with Gasteiger partial charge in [0.15, 0.2) is 5.60 Å². The van der Waals surface area contributed by atoms with Gasteiger partial charge >= 0.3 is 0 Å². The molecule has 3 aromatic carbocycles. The fourth-order valence-corrected chi connectivity index (χ4v) is 3.60. The number of hydrogen-bond donors (Lipinski definition) is 2. The third kappa shape index (κ3) is 3.65. The van der Waals surface area contributed by atoms with Crippen molar-refractivity contribution in [2.45, 2.75) is 19.1 Å². The number of aromatic nitrogens is 2. The van der Waals surface area contributed by atoms with E-state index in [1.807, 2.05) is 91.9 Å². The van der Waals surface area contributed by atoms with Crippen molar-refractivity contribution in [2.24, 2.45) is 0 Å². The highest BCUT2D eigenvalue weighted by Gasteiger charge is 2.43. The molecule has 5 nitrogen and oxygen atoms in total. The van der Waals surface area contributed by atoms with Crippen LogP contribution < -0.4 is 5.32 Å². The van der Waals surface area contributed by atoms with E-state index >= 15 is 0 Å². The Hall–Kier alpha value is -3.44. The lowest BCUT2D eigenvalue weighted by atomic mass is 9.85. The number of fused-ring (bicyclic) bond motifs is 1. The molecule has 2 N–H and O–H groups in total. The molecule has 0 spiro atoms. The van der Waals surface area contributed by atoms with Gasteiger partial charge in [0.25, 0.3) is 5.91 Å². The van der Waals surface area contributed by atoms with Crippen LogP contribution in [0.3, 0.4) is 0 Å². The highest BCUT2D eigenvalue weighted by Crippen LogP contribution is 2.34. The summed E-state index contributed by atoms with van der Waals surface area (Å²) in [7, 11) is 0. The van der Waals surface area contributed by atoms with Crippen LogP contribution in [-0.4, -0.2) is 22.5 Å². The molecule has 0 aliphatic rings. The van der Waals surface area contributed by atoms with Crippen molar-refractivity contribution < 1.29 is 9.53 Å². The van der Waals surface area contributed by atoms with Gasteiger partial charge in [-0.05, 0) is 30.2 Å². The van der Waals surface area contributed by atoms with Crippen LogP contribution in [0.25, 0.3) is 11.0 Å². The van der Waals surface area contributed by atoms with Gasteiger partial charge in [-0.3, -0.25) is 4.79 Å². The smallest absolute Gasteiger partial charge is 0.261 e. The Morgan fingerprint density at radius 1 is 0.931 bits per heavy atom. The monoisotopic (exact) mass is 385 g/mol. The lowest BCUT2D eigenvalue weighted by molar-refractivity contribution is -0.142. The topological polar surface area (TPSA) is 67.0 Å². The van der Waals surface area contributed by atoms with E-state index in [0.29, 0.717) is 12.4 Å². The van der Waals surface area contributed by atoms with Gasteiger partial charge in [-0.15, -0.1) is 0 Å². The maximum absolute atomic E-state index is 13.6. The van der Waals surface area contributed by atoms with Crippen LogP contribution in [0.15, 0.2) is 84.9 Å². The van der Waals surface area contributed by atoms with Gasteiger partial charge in [-0.25, -0.2) is 4.98 Å². The van der Waals surface area contributed by atoms with E-state index in [1.54, 1.807) is 0 Å². The normalized spacial score (nSPS) is 11.5. The van der Waals surface area contributed by atoms with Crippen molar-refractivity contribution in [3.63, 3.8) is 0 Å². The summed E-state index contributed by atoms with van der Waals surface area (Å²) in [6.45, 7) is 2.57. The molecule has 0 atom stereocenters. The molecule has 0 unspecified atom stereocenters. The van der Waals surface area contributed by atoms with Gasteiger partial charge in [0, 0.05) is 6.61 Å². The molecule has 0 bridgehead atoms. The van der Waals surface area contributed by atoms with E-state index in [4.69, 9.17) is 4.74 Å². The maximum atomic E-state index is 13.6. The van der Waals surface area contributed by atoms with Crippen LogP contribution >= 0.6 is 0 Å². The zero-order valence-corrected chi connectivity index (χ0v) is 16.3. The van der Waals surface area contributed by atoms with Crippen LogP contribution in [-0.2, 0) is 21.7 Å². The molecule has 0 saturated heterocycles. The van der Waals surface area contributed by atoms with Crippen LogP contribution in [0, 0.1) is 0 Å². The number of ether oxygens (including phenoxy) is 1. The van der Waals surface area contributed by atoms with E-state index in [2.05, 4.69) is 15.3 Å². The fraction of sp³-hybridized carbons (Fsp3) is 0.167. The average molecular weight is 385 g/mol. The van der Waals surface area contributed by atoms with E-state index in [0.717, 1.165) is 22.2 Å². The Kier molecular flexibility index (Phi) is 5.40. The molecule has 0 aliphatic heterocycles. The fourth-order valence-electron chi connectivity index (χ4n) is 3.60. The van der Waals surface area contributed by atoms with Gasteiger partial charge in [0.05, 0.1) is 17.6 Å². The Labute approximate surface area is 169 Å². The van der Waals surface area contributed by atoms with Crippen LogP contribution in [0.4, 0.5) is 0 Å². The summed E-state index contributed by atoms with van der Waals surface area (Å²) in [4.78, 5) is 21.4. The van der Waals surface area contributed by atoms with Gasteiger partial charge in [-0.1, -0.05) is 72.8 Å². The number of H-pyrrole nitrogens is 1. The third-order valence-electron chi connectivity index (χ3n) is 4.90. The molecule has 1 heterocycles. The zero-order valence-electron chi connectivity index (χ0n) is 16.3. The quantitative estimate of drug-likeness (QED) is 0.502. The molecule has 4 aromatic rings. The van der Waals surface area contributed by atoms with Gasteiger partial charge < -0.3 is 15.0 Å². The standard InChI is InChI=1S/C24H23N3O2/c1-2-29-24(18-11-5-3-6-12-18,19-13-7-4-8-14-19)23(28)25-17-22-26-20-15-9-10-16-21(20)27-22/h3-16H,2,17H2,1H3,(H,25,28)(H,26,27). The Balaban J connectivity index is 1.69. The minimum atomic E-state index is -1.23. The number of amides is 1. The molecule has 4 rings (SSSR count). The van der Waals surface area contributed by atoms with Crippen molar-refractivity contribution in [1.82, 2.24) is 15.3 Å². The van der Waals surface area contributed by atoms with Gasteiger partial charge in [0.2, 0.25) is 0 Å². The molecule has 1 amide bonds. The van der Waals surface area contributed by atoms with Crippen molar-refractivity contribution >= 4 is 16.9 Å². The molecule has 146 valence electrons. The van der Waals surface area contributed by atoms with E-state index in [-0.39, 0.29) is 12.5 Å². The van der Waals surface area contributed by atoms with Crippen LogP contribution in [0.5, 0.6) is 0 Å². The SMILES string of the molecule is CCOC(C(=O)NCc1nc2ccccc2[nH]1)(c1ccccc1)c1ccccc1. The summed E-state index contributed by atoms with van der Waals surface area (Å²) in [6, 6.07) is 27.0. The average Bonchev–Trinajstić information content (AvgIpc) is 3.20. The Morgan fingerprint density at radius 3 is 2.10 bits per heavy atom. The molecule has 5 heteroatoms. The first-order chi connectivity index (χ1) is 14.2. The lowest BCUT2D eigenvalue weighted by Crippen LogP contribution is -2.47. The largest absolute Gasteiger partial charge is 0.356 e. The maximum Gasteiger partial charge on any atom is 0.261 e. The summed E-state index contributed by atoms with van der Waals surface area (Å²) >= 11 is 0. The first-order valence-corrected chi connectivity index (χ1v) is 9.71. The summed E-state index contributed by atoms with van der Waals surface area (Å²) in [5, 5.41) is 3.02. The molecule has 0 saturated carbocycles. The van der Waals surface area contributed by atoms with Crippen LogP contribution in [0.1, 0.15) is 23.9 Å². The number of rotatable bonds is 7. The number of imidazole rings is 1. The predicted octanol–water partition coefficient (Wildman–Crippen LogP) is 4.16. The van der Waals surface area contributed by atoms with E-state index < -0.39 is 5.60 Å². The number of carbonyl (C=O) groups excluding carboxylic acids is 1. The Bertz CT molecular complexity index is 1020. The van der Waals surface area contributed by atoms with Crippen molar-refractivity contribution in [3.05, 3.63) is 102 Å². The minimum Gasteiger partial charge on any atom is -0.356 e. The number of benzene rings is 3. The second kappa shape index (κ2) is 8.29. The molecular formula is C24H23N3O2. The first kappa shape index (κ1) is 18.9. The minimum absolute atomic E-state index is 0.225. The predicted molar refractivity (Wildman–Crippen MR) is 113 cm³/mol. The zero-order chi connectivity index (χ0) is 20.1. The molecule has 0 aliphatic carbocycles. The van der Waals surface area contributed by atoms with Gasteiger partial charge in [-0.2, -0.15) is 0 Å². The molecule has 0 radical (unpaired) electrons. The summed E-state index contributed by atoms with van der Waals surface area (Å²) in [6.07, 6.45) is 0. The highest BCUT2D eigenvalue weighted by atomic mass is 16.5. The van der Waals surface area contributed by atoms with Crippen molar-refractivity contribution in [2.75, 3.05) is 6.61 Å². The number of nitrogens with zero attached hydrogens (tertiary/aromatic N) is 1. The molecular weight excluding hydrogens is 362 g/mol. The Morgan fingerprint density at radius 2 is 1.52 bits per heavy atom. The second-order valence-corrected chi connectivity index (χ2v) is 6.73. The van der Waals surface area contributed by atoms with E-state index in [9.17, 15) is 4.79 Å². The first-order valence-electron chi connectivity index (χ1n) is 9.71. The molecule has 1 aromatic heterocycles. The van der Waals surface area contributed by atoms with Crippen LogP contribution in [0.2, 0.25) is 0 Å². The van der Waals surface area contributed by atoms with Crippen molar-refractivity contribution in [3.8, 4) is 0 Å². The number of nitrogens with one attached hydrogen (secondary N) is 2. The molecule has 0 fully saturated rings. The number of carbonyl (C=O) groups is 1. The summed E-state index contributed by atoms with van der Waals surface area (Å²) < 4.78 is 6.17. The van der Waals surface area contributed by atoms with Gasteiger partial charge in [0.1, 0.15) is 5.82 Å². The van der Waals surface area contributed by atoms with Crippen molar-refractivity contribution in [1.29, 1.82) is 0 Å². The highest BCUT2D eigenvalue weighted by molar-refractivity contribution is 5.90. The number of para-hydroxylation sites is 2.